The van der Waals surface area contributed by atoms with E-state index in [4.69, 9.17) is 12.2 Å². The van der Waals surface area contributed by atoms with E-state index in [0.717, 1.165) is 14.6 Å². The molecule has 2 N–H and O–H groups in total. The molecule has 0 aliphatic carbocycles. The zero-order valence-electron chi connectivity index (χ0n) is 10.2. The van der Waals surface area contributed by atoms with Crippen molar-refractivity contribution in [3.63, 3.8) is 0 Å². The van der Waals surface area contributed by atoms with E-state index >= 15 is 0 Å². The van der Waals surface area contributed by atoms with Gasteiger partial charge in [-0.15, -0.1) is 0 Å². The minimum absolute atomic E-state index is 0.242. The Morgan fingerprint density at radius 1 is 0.950 bits per heavy atom. The maximum absolute atomic E-state index is 12.0. The summed E-state index contributed by atoms with van der Waals surface area (Å²) in [5.41, 5.74) is 1.33. The Morgan fingerprint density at radius 2 is 1.55 bits per heavy atom. The highest BCUT2D eigenvalue weighted by Crippen LogP contribution is 2.30. The summed E-state index contributed by atoms with van der Waals surface area (Å²) in [5, 5.41) is 5.87. The monoisotopic (exact) mass is 412 g/mol. The molecule has 0 heterocycles. The van der Waals surface area contributed by atoms with Crippen molar-refractivity contribution in [3.05, 3.63) is 63.0 Å². The number of rotatable bonds is 2. The topological polar surface area (TPSA) is 41.1 Å². The van der Waals surface area contributed by atoms with Gasteiger partial charge in [-0.1, -0.05) is 24.3 Å². The molecule has 20 heavy (non-hydrogen) atoms. The van der Waals surface area contributed by atoms with Gasteiger partial charge in [-0.3, -0.25) is 10.1 Å². The van der Waals surface area contributed by atoms with E-state index in [9.17, 15) is 4.79 Å². The molecule has 0 aromatic heterocycles. The number of halogens is 2. The van der Waals surface area contributed by atoms with Gasteiger partial charge in [0.2, 0.25) is 0 Å². The van der Waals surface area contributed by atoms with Crippen molar-refractivity contribution < 1.29 is 4.79 Å². The third-order valence-corrected chi connectivity index (χ3v) is 3.99. The molecule has 0 aliphatic heterocycles. The lowest BCUT2D eigenvalue weighted by Crippen LogP contribution is -2.34. The number of carbonyl (C=O) groups excluding carboxylic acids is 1. The first-order valence-corrected chi connectivity index (χ1v) is 7.69. The number of anilines is 1. The van der Waals surface area contributed by atoms with Crippen LogP contribution in [0.15, 0.2) is 57.5 Å². The van der Waals surface area contributed by atoms with Gasteiger partial charge in [0.1, 0.15) is 0 Å². The van der Waals surface area contributed by atoms with Crippen LogP contribution in [0.25, 0.3) is 0 Å². The fraction of sp³-hybridized carbons (Fsp3) is 0. The lowest BCUT2D eigenvalue weighted by atomic mass is 10.2. The Hall–Kier alpha value is -1.24. The number of hydrogen-bond acceptors (Lipinski definition) is 2. The van der Waals surface area contributed by atoms with Crippen LogP contribution in [0.2, 0.25) is 0 Å². The molecule has 0 aliphatic rings. The van der Waals surface area contributed by atoms with Crippen molar-refractivity contribution in [3.8, 4) is 0 Å². The predicted octanol–water partition coefficient (Wildman–Crippen LogP) is 4.34. The van der Waals surface area contributed by atoms with E-state index < -0.39 is 0 Å². The predicted molar refractivity (Wildman–Crippen MR) is 92.0 cm³/mol. The molecular weight excluding hydrogens is 404 g/mol. The number of para-hydroxylation sites is 1. The van der Waals surface area contributed by atoms with Crippen LogP contribution >= 0.6 is 44.1 Å². The average Bonchev–Trinajstić information content (AvgIpc) is 2.44. The summed E-state index contributed by atoms with van der Waals surface area (Å²) in [5.74, 6) is -0.244. The minimum Gasteiger partial charge on any atom is -0.331 e. The van der Waals surface area contributed by atoms with Gasteiger partial charge in [0.15, 0.2) is 5.11 Å². The van der Waals surface area contributed by atoms with Gasteiger partial charge in [-0.2, -0.15) is 0 Å². The summed E-state index contributed by atoms with van der Waals surface area (Å²) in [4.78, 5) is 12.0. The summed E-state index contributed by atoms with van der Waals surface area (Å²) >= 11 is 12.0. The first-order chi connectivity index (χ1) is 9.58. The fourth-order valence-electron chi connectivity index (χ4n) is 1.53. The number of benzene rings is 2. The SMILES string of the molecule is O=C(NC(=S)Nc1c(Br)cccc1Br)c1ccccc1. The molecule has 2 aromatic rings. The fourth-order valence-corrected chi connectivity index (χ4v) is 2.92. The highest BCUT2D eigenvalue weighted by atomic mass is 79.9. The molecule has 2 rings (SSSR count). The number of thiocarbonyl (C=S) groups is 1. The molecule has 0 atom stereocenters. The molecule has 1 amide bonds. The Kier molecular flexibility index (Phi) is 5.28. The number of carbonyl (C=O) groups is 1. The first-order valence-electron chi connectivity index (χ1n) is 5.69. The quantitative estimate of drug-likeness (QED) is 0.719. The normalized spacial score (nSPS) is 9.90. The molecule has 6 heteroatoms. The second-order valence-electron chi connectivity index (χ2n) is 3.87. The van der Waals surface area contributed by atoms with E-state index in [-0.39, 0.29) is 11.0 Å². The maximum Gasteiger partial charge on any atom is 0.257 e. The van der Waals surface area contributed by atoms with Crippen LogP contribution < -0.4 is 10.6 Å². The highest BCUT2D eigenvalue weighted by Gasteiger charge is 2.10. The molecular formula is C14H10Br2N2OS. The van der Waals surface area contributed by atoms with Crippen LogP contribution in [0.5, 0.6) is 0 Å². The zero-order chi connectivity index (χ0) is 14.5. The molecule has 0 spiro atoms. The number of nitrogens with one attached hydrogen (secondary N) is 2. The summed E-state index contributed by atoms with van der Waals surface area (Å²) in [6.45, 7) is 0. The van der Waals surface area contributed by atoms with Crippen molar-refractivity contribution in [2.75, 3.05) is 5.32 Å². The molecule has 0 saturated heterocycles. The third-order valence-electron chi connectivity index (χ3n) is 2.46. The smallest absolute Gasteiger partial charge is 0.257 e. The van der Waals surface area contributed by atoms with Gasteiger partial charge >= 0.3 is 0 Å². The van der Waals surface area contributed by atoms with Crippen molar-refractivity contribution in [1.82, 2.24) is 5.32 Å². The molecule has 3 nitrogen and oxygen atoms in total. The van der Waals surface area contributed by atoms with Gasteiger partial charge in [0.25, 0.3) is 5.91 Å². The van der Waals surface area contributed by atoms with Gasteiger partial charge in [0, 0.05) is 14.5 Å². The van der Waals surface area contributed by atoms with Crippen LogP contribution in [0, 0.1) is 0 Å². The average molecular weight is 414 g/mol. The van der Waals surface area contributed by atoms with E-state index in [2.05, 4.69) is 42.5 Å². The van der Waals surface area contributed by atoms with E-state index in [0.29, 0.717) is 5.56 Å². The van der Waals surface area contributed by atoms with E-state index in [1.807, 2.05) is 24.3 Å². The first kappa shape index (κ1) is 15.2. The van der Waals surface area contributed by atoms with Crippen molar-refractivity contribution >= 4 is 60.8 Å². The van der Waals surface area contributed by atoms with Crippen LogP contribution in [0.1, 0.15) is 10.4 Å². The minimum atomic E-state index is -0.244. The van der Waals surface area contributed by atoms with Crippen LogP contribution in [-0.4, -0.2) is 11.0 Å². The number of hydrogen-bond donors (Lipinski definition) is 2. The van der Waals surface area contributed by atoms with E-state index in [1.165, 1.54) is 0 Å². The molecule has 0 bridgehead atoms. The molecule has 0 saturated carbocycles. The largest absolute Gasteiger partial charge is 0.331 e. The summed E-state index contributed by atoms with van der Waals surface area (Å²) in [6.07, 6.45) is 0. The lowest BCUT2D eigenvalue weighted by Gasteiger charge is -2.12. The standard InChI is InChI=1S/C14H10Br2N2OS/c15-10-7-4-8-11(16)12(10)17-14(20)18-13(19)9-5-2-1-3-6-9/h1-8H,(H2,17,18,19,20). The van der Waals surface area contributed by atoms with Crippen molar-refractivity contribution in [2.24, 2.45) is 0 Å². The Bertz CT molecular complexity index is 627. The molecule has 0 fully saturated rings. The zero-order valence-corrected chi connectivity index (χ0v) is 14.2. The molecule has 0 radical (unpaired) electrons. The maximum atomic E-state index is 12.0. The van der Waals surface area contributed by atoms with Gasteiger partial charge in [-0.05, 0) is 68.3 Å². The van der Waals surface area contributed by atoms with E-state index in [1.54, 1.807) is 24.3 Å². The second kappa shape index (κ2) is 6.97. The van der Waals surface area contributed by atoms with Gasteiger partial charge < -0.3 is 5.32 Å². The highest BCUT2D eigenvalue weighted by molar-refractivity contribution is 9.11. The van der Waals surface area contributed by atoms with Crippen LogP contribution in [-0.2, 0) is 0 Å². The van der Waals surface area contributed by atoms with Crippen molar-refractivity contribution in [1.29, 1.82) is 0 Å². The van der Waals surface area contributed by atoms with Gasteiger partial charge in [-0.25, -0.2) is 0 Å². The lowest BCUT2D eigenvalue weighted by molar-refractivity contribution is 0.0978. The van der Waals surface area contributed by atoms with Gasteiger partial charge in [0.05, 0.1) is 5.69 Å². The van der Waals surface area contributed by atoms with Crippen LogP contribution in [0.3, 0.4) is 0 Å². The Morgan fingerprint density at radius 3 is 2.15 bits per heavy atom. The summed E-state index contributed by atoms with van der Waals surface area (Å²) in [7, 11) is 0. The Balaban J connectivity index is 2.05. The Labute approximate surface area is 139 Å². The molecule has 2 aromatic carbocycles. The second-order valence-corrected chi connectivity index (χ2v) is 5.99. The van der Waals surface area contributed by atoms with Crippen LogP contribution in [0.4, 0.5) is 5.69 Å². The third kappa shape index (κ3) is 3.88. The molecule has 102 valence electrons. The molecule has 0 unspecified atom stereocenters. The number of amides is 1. The summed E-state index contributed by atoms with van der Waals surface area (Å²) < 4.78 is 1.70. The summed E-state index contributed by atoms with van der Waals surface area (Å²) in [6, 6.07) is 14.6. The van der Waals surface area contributed by atoms with Crippen molar-refractivity contribution in [2.45, 2.75) is 0 Å².